The van der Waals surface area contributed by atoms with Crippen molar-refractivity contribution in [2.24, 2.45) is 11.8 Å². The fraction of sp³-hybridized carbons (Fsp3) is 1.00. The van der Waals surface area contributed by atoms with E-state index < -0.39 is 0 Å². The van der Waals surface area contributed by atoms with Crippen molar-refractivity contribution in [1.29, 1.82) is 0 Å². The normalized spacial score (nSPS) is 48.8. The zero-order valence-corrected chi connectivity index (χ0v) is 5.84. The van der Waals surface area contributed by atoms with E-state index in [1.54, 1.807) is 0 Å². The van der Waals surface area contributed by atoms with Gasteiger partial charge in [-0.25, -0.2) is 0 Å². The lowest BCUT2D eigenvalue weighted by Gasteiger charge is -2.01. The fourth-order valence-corrected chi connectivity index (χ4v) is 2.20. The van der Waals surface area contributed by atoms with Crippen LogP contribution in [-0.2, 0) is 0 Å². The lowest BCUT2D eigenvalue weighted by molar-refractivity contribution is 0.714. The average Bonchev–Trinajstić information content (AvgIpc) is 2.22. The summed E-state index contributed by atoms with van der Waals surface area (Å²) in [5.41, 5.74) is 0. The van der Waals surface area contributed by atoms with Gasteiger partial charge in [-0.2, -0.15) is 0 Å². The fourth-order valence-electron chi connectivity index (χ4n) is 1.41. The van der Waals surface area contributed by atoms with E-state index in [4.69, 9.17) is 23.2 Å². The summed E-state index contributed by atoms with van der Waals surface area (Å²) in [6.45, 7) is 2.02. The van der Waals surface area contributed by atoms with Crippen molar-refractivity contribution in [2.75, 3.05) is 13.1 Å². The predicted octanol–water partition coefficient (Wildman–Crippen LogP) is 1.01. The van der Waals surface area contributed by atoms with Gasteiger partial charge in [-0.3, -0.25) is 0 Å². The Hall–Kier alpha value is 0.540. The van der Waals surface area contributed by atoms with E-state index in [-0.39, 0.29) is 4.33 Å². The number of halogens is 2. The van der Waals surface area contributed by atoms with Gasteiger partial charge in [0.1, 0.15) is 4.33 Å². The van der Waals surface area contributed by atoms with E-state index in [1.807, 2.05) is 0 Å². The molecule has 2 aliphatic rings. The second-order valence-corrected chi connectivity index (χ2v) is 3.99. The SMILES string of the molecule is ClC1(Cl)C2CNCC21. The number of rotatable bonds is 0. The van der Waals surface area contributed by atoms with E-state index in [2.05, 4.69) is 5.32 Å². The molecule has 1 heterocycles. The molecule has 0 bridgehead atoms. The van der Waals surface area contributed by atoms with Gasteiger partial charge in [-0.15, -0.1) is 23.2 Å². The molecule has 2 rings (SSSR count). The minimum absolute atomic E-state index is 0.356. The molecule has 1 aliphatic heterocycles. The highest BCUT2D eigenvalue weighted by atomic mass is 35.5. The highest BCUT2D eigenvalue weighted by Crippen LogP contribution is 2.60. The first kappa shape index (κ1) is 5.33. The lowest BCUT2D eigenvalue weighted by atomic mass is 10.4. The van der Waals surface area contributed by atoms with Gasteiger partial charge in [0.15, 0.2) is 0 Å². The van der Waals surface area contributed by atoms with Gasteiger partial charge in [0.25, 0.3) is 0 Å². The molecule has 8 heavy (non-hydrogen) atoms. The summed E-state index contributed by atoms with van der Waals surface area (Å²) in [7, 11) is 0. The standard InChI is InChI=1S/C5H7Cl2N/c6-5(7)3-1-8-2-4(3)5/h3-4,8H,1-2H2. The first-order chi connectivity index (χ1) is 3.73. The predicted molar refractivity (Wildman–Crippen MR) is 34.3 cm³/mol. The van der Waals surface area contributed by atoms with Gasteiger partial charge < -0.3 is 5.32 Å². The van der Waals surface area contributed by atoms with E-state index in [1.165, 1.54) is 0 Å². The summed E-state index contributed by atoms with van der Waals surface area (Å²) in [4.78, 5) is 0. The quantitative estimate of drug-likeness (QED) is 0.510. The third-order valence-corrected chi connectivity index (χ3v) is 3.21. The molecule has 0 spiro atoms. The monoisotopic (exact) mass is 151 g/mol. The molecule has 0 aromatic heterocycles. The third kappa shape index (κ3) is 0.476. The van der Waals surface area contributed by atoms with Gasteiger partial charge in [-0.05, 0) is 0 Å². The van der Waals surface area contributed by atoms with Crippen LogP contribution < -0.4 is 5.32 Å². The largest absolute Gasteiger partial charge is 0.316 e. The summed E-state index contributed by atoms with van der Waals surface area (Å²) < 4.78 is -0.356. The first-order valence-corrected chi connectivity index (χ1v) is 3.57. The smallest absolute Gasteiger partial charge is 0.127 e. The van der Waals surface area contributed by atoms with E-state index in [0.29, 0.717) is 11.8 Å². The van der Waals surface area contributed by atoms with Crippen molar-refractivity contribution in [2.45, 2.75) is 4.33 Å². The number of nitrogens with one attached hydrogen (secondary N) is 1. The highest BCUT2D eigenvalue weighted by molar-refractivity contribution is 6.51. The van der Waals surface area contributed by atoms with Gasteiger partial charge in [-0.1, -0.05) is 0 Å². The molecule has 1 N–H and O–H groups in total. The third-order valence-electron chi connectivity index (χ3n) is 2.09. The Labute approximate surface area is 58.3 Å². The lowest BCUT2D eigenvalue weighted by Crippen LogP contribution is -2.18. The van der Waals surface area contributed by atoms with Crippen LogP contribution in [0.2, 0.25) is 0 Å². The van der Waals surface area contributed by atoms with Crippen molar-refractivity contribution < 1.29 is 0 Å². The average molecular weight is 152 g/mol. The van der Waals surface area contributed by atoms with Crippen LogP contribution in [0.25, 0.3) is 0 Å². The number of fused-ring (bicyclic) bond motifs is 1. The van der Waals surface area contributed by atoms with Gasteiger partial charge >= 0.3 is 0 Å². The minimum atomic E-state index is -0.356. The van der Waals surface area contributed by atoms with Crippen molar-refractivity contribution in [1.82, 2.24) is 5.32 Å². The second kappa shape index (κ2) is 1.34. The Morgan fingerprint density at radius 1 is 1.25 bits per heavy atom. The molecule has 0 aromatic rings. The van der Waals surface area contributed by atoms with Crippen LogP contribution in [0.15, 0.2) is 0 Å². The Bertz CT molecular complexity index is 112. The van der Waals surface area contributed by atoms with Crippen LogP contribution in [0.1, 0.15) is 0 Å². The van der Waals surface area contributed by atoms with Crippen LogP contribution in [-0.4, -0.2) is 17.4 Å². The maximum absolute atomic E-state index is 5.83. The summed E-state index contributed by atoms with van der Waals surface area (Å²) in [5, 5.41) is 3.21. The summed E-state index contributed by atoms with van der Waals surface area (Å²) in [6.07, 6.45) is 0. The first-order valence-electron chi connectivity index (χ1n) is 2.81. The number of alkyl halides is 2. The Kier molecular flexibility index (Phi) is 0.891. The topological polar surface area (TPSA) is 12.0 Å². The molecular weight excluding hydrogens is 145 g/mol. The van der Waals surface area contributed by atoms with Crippen LogP contribution in [0.4, 0.5) is 0 Å². The van der Waals surface area contributed by atoms with Crippen molar-refractivity contribution in [3.63, 3.8) is 0 Å². The maximum Gasteiger partial charge on any atom is 0.127 e. The molecule has 0 radical (unpaired) electrons. The highest BCUT2D eigenvalue weighted by Gasteiger charge is 2.64. The molecule has 0 aromatic carbocycles. The Morgan fingerprint density at radius 3 is 2.00 bits per heavy atom. The zero-order chi connectivity index (χ0) is 5.78. The van der Waals surface area contributed by atoms with E-state index >= 15 is 0 Å². The van der Waals surface area contributed by atoms with Crippen LogP contribution in [0.5, 0.6) is 0 Å². The number of hydrogen-bond donors (Lipinski definition) is 1. The summed E-state index contributed by atoms with van der Waals surface area (Å²) in [5.74, 6) is 1.09. The van der Waals surface area contributed by atoms with Gasteiger partial charge in [0, 0.05) is 24.9 Å². The molecule has 46 valence electrons. The van der Waals surface area contributed by atoms with Gasteiger partial charge in [0.2, 0.25) is 0 Å². The molecule has 2 unspecified atom stereocenters. The van der Waals surface area contributed by atoms with Crippen LogP contribution in [0.3, 0.4) is 0 Å². The molecule has 1 saturated heterocycles. The molecule has 0 amide bonds. The molecule has 2 fully saturated rings. The van der Waals surface area contributed by atoms with E-state index in [9.17, 15) is 0 Å². The molecule has 1 aliphatic carbocycles. The molecule has 1 nitrogen and oxygen atoms in total. The molecular formula is C5H7Cl2N. The number of hydrogen-bond acceptors (Lipinski definition) is 1. The van der Waals surface area contributed by atoms with Crippen molar-refractivity contribution in [3.05, 3.63) is 0 Å². The van der Waals surface area contributed by atoms with Crippen molar-refractivity contribution >= 4 is 23.2 Å². The molecule has 1 saturated carbocycles. The maximum atomic E-state index is 5.83. The molecule has 2 atom stereocenters. The minimum Gasteiger partial charge on any atom is -0.316 e. The van der Waals surface area contributed by atoms with Gasteiger partial charge in [0.05, 0.1) is 0 Å². The second-order valence-electron chi connectivity index (χ2n) is 2.55. The van der Waals surface area contributed by atoms with Crippen molar-refractivity contribution in [3.8, 4) is 0 Å². The Balaban J connectivity index is 2.13. The summed E-state index contributed by atoms with van der Waals surface area (Å²) in [6, 6.07) is 0. The van der Waals surface area contributed by atoms with Crippen LogP contribution in [0, 0.1) is 11.8 Å². The zero-order valence-electron chi connectivity index (χ0n) is 4.32. The molecule has 3 heteroatoms. The summed E-state index contributed by atoms with van der Waals surface area (Å²) >= 11 is 11.7. The van der Waals surface area contributed by atoms with E-state index in [0.717, 1.165) is 13.1 Å². The van der Waals surface area contributed by atoms with Crippen LogP contribution >= 0.6 is 23.2 Å². The number of piperidine rings is 1. The Morgan fingerprint density at radius 2 is 1.75 bits per heavy atom.